The normalized spacial score (nSPS) is 15.3. The fourth-order valence-electron chi connectivity index (χ4n) is 5.14. The summed E-state index contributed by atoms with van der Waals surface area (Å²) >= 11 is 0. The van der Waals surface area contributed by atoms with Crippen molar-refractivity contribution in [2.75, 3.05) is 24.6 Å². The van der Waals surface area contributed by atoms with Gasteiger partial charge in [0.25, 0.3) is 5.56 Å². The number of nitrogens with zero attached hydrogens (tertiary/aromatic N) is 7. The van der Waals surface area contributed by atoms with Gasteiger partial charge in [-0.2, -0.15) is 4.98 Å². The summed E-state index contributed by atoms with van der Waals surface area (Å²) in [6, 6.07) is 7.49. The van der Waals surface area contributed by atoms with Crippen molar-refractivity contribution in [1.29, 1.82) is 0 Å². The first kappa shape index (κ1) is 27.1. The number of para-hydroxylation sites is 1. The number of rotatable bonds is 7. The molecule has 4 heterocycles. The zero-order valence-electron chi connectivity index (χ0n) is 22.9. The highest BCUT2D eigenvalue weighted by Gasteiger charge is 2.28. The Kier molecular flexibility index (Phi) is 7.66. The lowest BCUT2D eigenvalue weighted by Crippen LogP contribution is -2.44. The van der Waals surface area contributed by atoms with E-state index in [1.165, 1.54) is 4.57 Å². The molecule has 3 aromatic heterocycles. The van der Waals surface area contributed by atoms with Gasteiger partial charge in [0.05, 0.1) is 25.2 Å². The van der Waals surface area contributed by atoms with E-state index in [0.29, 0.717) is 30.4 Å². The van der Waals surface area contributed by atoms with Crippen LogP contribution in [0.25, 0.3) is 22.1 Å². The molecule has 1 atom stereocenters. The highest BCUT2D eigenvalue weighted by molar-refractivity contribution is 5.80. The average Bonchev–Trinajstić information content (AvgIpc) is 3.32. The van der Waals surface area contributed by atoms with Gasteiger partial charge in [0.2, 0.25) is 5.95 Å². The largest absolute Gasteiger partial charge is 0.465 e. The molecule has 1 fully saturated rings. The highest BCUT2D eigenvalue weighted by atomic mass is 16.5. The van der Waals surface area contributed by atoms with Crippen LogP contribution in [0.15, 0.2) is 33.9 Å². The molecule has 12 heteroatoms. The molecule has 40 heavy (non-hydrogen) atoms. The van der Waals surface area contributed by atoms with Crippen molar-refractivity contribution in [2.45, 2.75) is 59.3 Å². The van der Waals surface area contributed by atoms with Crippen LogP contribution in [0.4, 0.5) is 5.95 Å². The Labute approximate surface area is 230 Å². The second-order valence-corrected chi connectivity index (χ2v) is 9.75. The van der Waals surface area contributed by atoms with Crippen LogP contribution < -0.4 is 21.9 Å². The van der Waals surface area contributed by atoms with E-state index in [2.05, 4.69) is 21.8 Å². The monoisotopic (exact) mass is 544 g/mol. The van der Waals surface area contributed by atoms with Gasteiger partial charge in [0.1, 0.15) is 12.4 Å². The van der Waals surface area contributed by atoms with Gasteiger partial charge in [-0.15, -0.1) is 5.92 Å². The molecule has 0 unspecified atom stereocenters. The SMILES string of the molecule is CC#CCn1c(N2CCC[C@@H](N)C2)nc2c1c(=O)n(Cc1nc(C)c3ccccc3n1)c(=O)n2CC(=O)OCC. The molecular formula is C28H32N8O4. The summed E-state index contributed by atoms with van der Waals surface area (Å²) in [4.78, 5) is 56.3. The van der Waals surface area contributed by atoms with Crippen molar-refractivity contribution in [1.82, 2.24) is 28.7 Å². The summed E-state index contributed by atoms with van der Waals surface area (Å²) in [7, 11) is 0. The Balaban J connectivity index is 1.74. The number of hydrogen-bond acceptors (Lipinski definition) is 9. The molecular weight excluding hydrogens is 512 g/mol. The van der Waals surface area contributed by atoms with Gasteiger partial charge < -0.3 is 15.4 Å². The number of anilines is 1. The van der Waals surface area contributed by atoms with Gasteiger partial charge in [-0.05, 0) is 39.7 Å². The van der Waals surface area contributed by atoms with Crippen LogP contribution in [-0.2, 0) is 29.2 Å². The van der Waals surface area contributed by atoms with E-state index in [0.717, 1.165) is 28.5 Å². The van der Waals surface area contributed by atoms with Crippen LogP contribution in [0.1, 0.15) is 38.2 Å². The lowest BCUT2D eigenvalue weighted by Gasteiger charge is -2.31. The van der Waals surface area contributed by atoms with E-state index in [1.807, 2.05) is 36.1 Å². The first-order chi connectivity index (χ1) is 19.3. The molecule has 208 valence electrons. The van der Waals surface area contributed by atoms with Crippen molar-refractivity contribution >= 4 is 34.0 Å². The molecule has 1 aliphatic heterocycles. The second kappa shape index (κ2) is 11.3. The van der Waals surface area contributed by atoms with E-state index < -0.39 is 23.8 Å². The highest BCUT2D eigenvalue weighted by Crippen LogP contribution is 2.23. The maximum absolute atomic E-state index is 14.0. The minimum atomic E-state index is -0.701. The molecule has 12 nitrogen and oxygen atoms in total. The summed E-state index contributed by atoms with van der Waals surface area (Å²) in [5.74, 6) is 6.06. The number of nitrogens with two attached hydrogens (primary N) is 1. The van der Waals surface area contributed by atoms with Gasteiger partial charge in [-0.3, -0.25) is 23.3 Å². The molecule has 0 radical (unpaired) electrons. The van der Waals surface area contributed by atoms with Crippen LogP contribution in [-0.4, -0.2) is 60.4 Å². The molecule has 0 bridgehead atoms. The second-order valence-electron chi connectivity index (χ2n) is 9.75. The number of esters is 1. The topological polar surface area (TPSA) is 143 Å². The van der Waals surface area contributed by atoms with Crippen molar-refractivity contribution in [2.24, 2.45) is 5.73 Å². The Hall–Kier alpha value is -4.50. The third-order valence-electron chi connectivity index (χ3n) is 6.98. The molecule has 1 saturated heterocycles. The molecule has 2 N–H and O–H groups in total. The molecule has 0 amide bonds. The van der Waals surface area contributed by atoms with Gasteiger partial charge in [0.15, 0.2) is 11.2 Å². The van der Waals surface area contributed by atoms with E-state index in [9.17, 15) is 14.4 Å². The van der Waals surface area contributed by atoms with Crippen LogP contribution in [0.5, 0.6) is 0 Å². The fourth-order valence-corrected chi connectivity index (χ4v) is 5.14. The van der Waals surface area contributed by atoms with E-state index in [1.54, 1.807) is 18.4 Å². The fraction of sp³-hybridized carbons (Fsp3) is 0.429. The van der Waals surface area contributed by atoms with Gasteiger partial charge in [-0.1, -0.05) is 24.1 Å². The summed E-state index contributed by atoms with van der Waals surface area (Å²) in [6.07, 6.45) is 1.75. The third-order valence-corrected chi connectivity index (χ3v) is 6.98. The first-order valence-corrected chi connectivity index (χ1v) is 13.3. The number of piperidine rings is 1. The number of fused-ring (bicyclic) bond motifs is 2. The number of aryl methyl sites for hydroxylation is 1. The number of ether oxygens (including phenoxy) is 1. The number of aromatic nitrogens is 6. The zero-order chi connectivity index (χ0) is 28.4. The molecule has 0 saturated carbocycles. The maximum Gasteiger partial charge on any atom is 0.333 e. The minimum absolute atomic E-state index is 0.0500. The zero-order valence-corrected chi connectivity index (χ0v) is 22.9. The quantitative estimate of drug-likeness (QED) is 0.268. The summed E-state index contributed by atoms with van der Waals surface area (Å²) < 4.78 is 9.08. The Bertz CT molecular complexity index is 1770. The molecule has 0 spiro atoms. The lowest BCUT2D eigenvalue weighted by atomic mass is 10.1. The molecule has 0 aliphatic carbocycles. The summed E-state index contributed by atoms with van der Waals surface area (Å²) in [6.45, 7) is 6.22. The average molecular weight is 545 g/mol. The number of benzene rings is 1. The summed E-state index contributed by atoms with van der Waals surface area (Å²) in [5, 5.41) is 0.884. The predicted molar refractivity (Wildman–Crippen MR) is 151 cm³/mol. The van der Waals surface area contributed by atoms with Crippen molar-refractivity contribution in [3.05, 3.63) is 56.6 Å². The Morgan fingerprint density at radius 3 is 2.70 bits per heavy atom. The van der Waals surface area contributed by atoms with E-state index in [4.69, 9.17) is 15.5 Å². The molecule has 1 aliphatic rings. The van der Waals surface area contributed by atoms with E-state index >= 15 is 0 Å². The lowest BCUT2D eigenvalue weighted by molar-refractivity contribution is -0.143. The van der Waals surface area contributed by atoms with Crippen LogP contribution >= 0.6 is 0 Å². The molecule has 4 aromatic rings. The minimum Gasteiger partial charge on any atom is -0.465 e. The third kappa shape index (κ3) is 5.08. The van der Waals surface area contributed by atoms with Crippen LogP contribution in [0.2, 0.25) is 0 Å². The standard InChI is InChI=1S/C28H32N8O4/c1-4-6-14-34-24-25(32-27(34)33-13-9-10-19(29)15-33)35(17-23(37)40-5-2)28(39)36(26(24)38)16-22-30-18(3)20-11-7-8-12-21(20)31-22/h7-8,11-12,19H,5,9-10,13-17,29H2,1-3H3/t19-/m1/s1. The first-order valence-electron chi connectivity index (χ1n) is 13.3. The van der Waals surface area contributed by atoms with Gasteiger partial charge in [0, 0.05) is 30.2 Å². The van der Waals surface area contributed by atoms with Crippen LogP contribution in [0, 0.1) is 18.8 Å². The number of carbonyl (C=O) groups excluding carboxylic acids is 1. The molecule has 5 rings (SSSR count). The summed E-state index contributed by atoms with van der Waals surface area (Å²) in [5.41, 5.74) is 6.69. The van der Waals surface area contributed by atoms with Crippen molar-refractivity contribution < 1.29 is 9.53 Å². The number of carbonyl (C=O) groups is 1. The predicted octanol–water partition coefficient (Wildman–Crippen LogP) is 1.17. The smallest absolute Gasteiger partial charge is 0.333 e. The number of imidazole rings is 1. The Morgan fingerprint density at radius 1 is 1.15 bits per heavy atom. The van der Waals surface area contributed by atoms with Gasteiger partial charge in [-0.25, -0.2) is 14.8 Å². The maximum atomic E-state index is 14.0. The van der Waals surface area contributed by atoms with E-state index in [-0.39, 0.29) is 36.9 Å². The molecule has 1 aromatic carbocycles. The van der Waals surface area contributed by atoms with Crippen molar-refractivity contribution in [3.8, 4) is 11.8 Å². The van der Waals surface area contributed by atoms with Crippen LogP contribution in [0.3, 0.4) is 0 Å². The Morgan fingerprint density at radius 2 is 1.95 bits per heavy atom. The number of hydrogen-bond donors (Lipinski definition) is 1. The van der Waals surface area contributed by atoms with Crippen molar-refractivity contribution in [3.63, 3.8) is 0 Å². The van der Waals surface area contributed by atoms with Gasteiger partial charge >= 0.3 is 11.7 Å².